The normalized spacial score (nSPS) is 13.5. The molecule has 0 bridgehead atoms. The lowest BCUT2D eigenvalue weighted by Gasteiger charge is -2.31. The number of unbranched alkanes of at least 4 members (excludes halogenated alkanes) is 1. The van der Waals surface area contributed by atoms with Crippen LogP contribution in [-0.4, -0.2) is 43.2 Å². The van der Waals surface area contributed by atoms with Gasteiger partial charge in [-0.15, -0.1) is 0 Å². The summed E-state index contributed by atoms with van der Waals surface area (Å²) in [6.45, 7) is 5.94. The maximum Gasteiger partial charge on any atom is 0.305 e. The topological polar surface area (TPSA) is 70.1 Å². The SMILES string of the molecule is CCCCN(CCC(=O)O)c1ccc2c(c1)N(CC)C(=O)CO2. The lowest BCUT2D eigenvalue weighted by Crippen LogP contribution is -2.38. The fourth-order valence-electron chi connectivity index (χ4n) is 2.68. The van der Waals surface area contributed by atoms with E-state index in [-0.39, 0.29) is 18.9 Å². The van der Waals surface area contributed by atoms with Gasteiger partial charge in [-0.3, -0.25) is 9.59 Å². The van der Waals surface area contributed by atoms with Gasteiger partial charge in [-0.2, -0.15) is 0 Å². The summed E-state index contributed by atoms with van der Waals surface area (Å²) in [6, 6.07) is 5.72. The van der Waals surface area contributed by atoms with Crippen LogP contribution in [-0.2, 0) is 9.59 Å². The van der Waals surface area contributed by atoms with Crippen LogP contribution in [0.1, 0.15) is 33.1 Å². The minimum absolute atomic E-state index is 0.0530. The fraction of sp³-hybridized carbons (Fsp3) is 0.529. The van der Waals surface area contributed by atoms with E-state index >= 15 is 0 Å². The van der Waals surface area contributed by atoms with Gasteiger partial charge >= 0.3 is 5.97 Å². The van der Waals surface area contributed by atoms with Crippen molar-refractivity contribution in [3.8, 4) is 5.75 Å². The quantitative estimate of drug-likeness (QED) is 0.797. The Morgan fingerprint density at radius 1 is 1.35 bits per heavy atom. The summed E-state index contributed by atoms with van der Waals surface area (Å²) in [7, 11) is 0. The number of ether oxygens (including phenoxy) is 1. The Morgan fingerprint density at radius 3 is 2.78 bits per heavy atom. The molecule has 0 atom stereocenters. The second-order valence-electron chi connectivity index (χ2n) is 5.56. The van der Waals surface area contributed by atoms with Crippen molar-refractivity contribution in [2.75, 3.05) is 36.0 Å². The molecule has 23 heavy (non-hydrogen) atoms. The molecular weight excluding hydrogens is 296 g/mol. The molecule has 126 valence electrons. The van der Waals surface area contributed by atoms with Gasteiger partial charge < -0.3 is 19.6 Å². The second-order valence-corrected chi connectivity index (χ2v) is 5.56. The highest BCUT2D eigenvalue weighted by Crippen LogP contribution is 2.35. The van der Waals surface area contributed by atoms with Gasteiger partial charge in [0.15, 0.2) is 6.61 Å². The van der Waals surface area contributed by atoms with Gasteiger partial charge in [-0.05, 0) is 31.5 Å². The molecule has 1 aliphatic heterocycles. The molecule has 1 N–H and O–H groups in total. The molecule has 0 saturated heterocycles. The summed E-state index contributed by atoms with van der Waals surface area (Å²) in [5.74, 6) is -0.162. The molecule has 6 nitrogen and oxygen atoms in total. The van der Waals surface area contributed by atoms with E-state index in [1.807, 2.05) is 25.1 Å². The zero-order valence-corrected chi connectivity index (χ0v) is 13.7. The highest BCUT2D eigenvalue weighted by Gasteiger charge is 2.25. The standard InChI is InChI=1S/C17H24N2O4/c1-3-5-9-18(10-8-17(21)22)13-6-7-15-14(11-13)19(4-2)16(20)12-23-15/h6-7,11H,3-5,8-10,12H2,1-2H3,(H,21,22). The molecule has 0 aromatic heterocycles. The van der Waals surface area contributed by atoms with Crippen molar-refractivity contribution >= 4 is 23.3 Å². The number of rotatable bonds is 8. The maximum absolute atomic E-state index is 12.0. The van der Waals surface area contributed by atoms with Crippen molar-refractivity contribution in [3.63, 3.8) is 0 Å². The fourth-order valence-corrected chi connectivity index (χ4v) is 2.68. The average Bonchev–Trinajstić information content (AvgIpc) is 2.54. The molecule has 2 rings (SSSR count). The first-order valence-corrected chi connectivity index (χ1v) is 8.10. The van der Waals surface area contributed by atoms with E-state index in [2.05, 4.69) is 11.8 Å². The van der Waals surface area contributed by atoms with Gasteiger partial charge in [-0.1, -0.05) is 13.3 Å². The molecular formula is C17H24N2O4. The number of carbonyl (C=O) groups excluding carboxylic acids is 1. The van der Waals surface area contributed by atoms with E-state index in [1.54, 1.807) is 4.90 Å². The number of benzene rings is 1. The van der Waals surface area contributed by atoms with Gasteiger partial charge in [0, 0.05) is 25.3 Å². The number of carboxylic acids is 1. The third kappa shape index (κ3) is 4.15. The van der Waals surface area contributed by atoms with Gasteiger partial charge in [0.1, 0.15) is 5.75 Å². The summed E-state index contributed by atoms with van der Waals surface area (Å²) < 4.78 is 5.48. The predicted molar refractivity (Wildman–Crippen MR) is 89.3 cm³/mol. The van der Waals surface area contributed by atoms with E-state index in [0.29, 0.717) is 18.8 Å². The van der Waals surface area contributed by atoms with Crippen LogP contribution in [0.3, 0.4) is 0 Å². The van der Waals surface area contributed by atoms with Crippen molar-refractivity contribution in [1.29, 1.82) is 0 Å². The highest BCUT2D eigenvalue weighted by atomic mass is 16.5. The Labute approximate surface area is 136 Å². The molecule has 1 heterocycles. The molecule has 0 fully saturated rings. The van der Waals surface area contributed by atoms with E-state index in [9.17, 15) is 9.59 Å². The molecule has 0 aliphatic carbocycles. The first-order chi connectivity index (χ1) is 11.1. The molecule has 0 saturated carbocycles. The first kappa shape index (κ1) is 17.1. The summed E-state index contributed by atoms with van der Waals surface area (Å²) in [6.07, 6.45) is 2.12. The van der Waals surface area contributed by atoms with E-state index in [4.69, 9.17) is 9.84 Å². The minimum Gasteiger partial charge on any atom is -0.482 e. The smallest absolute Gasteiger partial charge is 0.305 e. The third-order valence-corrected chi connectivity index (χ3v) is 3.94. The van der Waals surface area contributed by atoms with Crippen LogP contribution in [0.5, 0.6) is 5.75 Å². The number of carbonyl (C=O) groups is 2. The summed E-state index contributed by atoms with van der Waals surface area (Å²) >= 11 is 0. The summed E-state index contributed by atoms with van der Waals surface area (Å²) in [4.78, 5) is 26.6. The highest BCUT2D eigenvalue weighted by molar-refractivity contribution is 5.98. The van der Waals surface area contributed by atoms with Crippen LogP contribution in [0.15, 0.2) is 18.2 Å². The summed E-state index contributed by atoms with van der Waals surface area (Å²) in [5.41, 5.74) is 1.69. The van der Waals surface area contributed by atoms with Gasteiger partial charge in [0.2, 0.25) is 0 Å². The van der Waals surface area contributed by atoms with E-state index in [1.165, 1.54) is 0 Å². The van der Waals surface area contributed by atoms with Crippen LogP contribution in [0, 0.1) is 0 Å². The van der Waals surface area contributed by atoms with Crippen LogP contribution in [0.4, 0.5) is 11.4 Å². The van der Waals surface area contributed by atoms with Crippen LogP contribution >= 0.6 is 0 Å². The van der Waals surface area contributed by atoms with Crippen molar-refractivity contribution in [2.24, 2.45) is 0 Å². The van der Waals surface area contributed by atoms with Crippen LogP contribution in [0.2, 0.25) is 0 Å². The number of amides is 1. The van der Waals surface area contributed by atoms with Gasteiger partial charge in [0.25, 0.3) is 5.91 Å². The van der Waals surface area contributed by atoms with Crippen molar-refractivity contribution in [3.05, 3.63) is 18.2 Å². The molecule has 1 aromatic carbocycles. The zero-order valence-electron chi connectivity index (χ0n) is 13.7. The molecule has 0 spiro atoms. The molecule has 1 amide bonds. The molecule has 6 heteroatoms. The number of fused-ring (bicyclic) bond motifs is 1. The Hall–Kier alpha value is -2.24. The monoisotopic (exact) mass is 320 g/mol. The number of carboxylic acid groups (broad SMARTS) is 1. The molecule has 1 aromatic rings. The minimum atomic E-state index is -0.807. The molecule has 0 unspecified atom stereocenters. The zero-order chi connectivity index (χ0) is 16.8. The predicted octanol–water partition coefficient (Wildman–Crippen LogP) is 2.51. The lowest BCUT2D eigenvalue weighted by atomic mass is 10.1. The lowest BCUT2D eigenvalue weighted by molar-refractivity contribution is -0.136. The van der Waals surface area contributed by atoms with Gasteiger partial charge in [-0.25, -0.2) is 0 Å². The van der Waals surface area contributed by atoms with Crippen molar-refractivity contribution in [2.45, 2.75) is 33.1 Å². The Balaban J connectivity index is 2.26. The third-order valence-electron chi connectivity index (χ3n) is 3.94. The first-order valence-electron chi connectivity index (χ1n) is 8.10. The number of nitrogens with zero attached hydrogens (tertiary/aromatic N) is 2. The molecule has 1 aliphatic rings. The molecule has 0 radical (unpaired) electrons. The van der Waals surface area contributed by atoms with Crippen LogP contribution in [0.25, 0.3) is 0 Å². The Bertz CT molecular complexity index is 574. The second kappa shape index (κ2) is 7.85. The van der Waals surface area contributed by atoms with Crippen LogP contribution < -0.4 is 14.5 Å². The van der Waals surface area contributed by atoms with Crippen molar-refractivity contribution < 1.29 is 19.4 Å². The maximum atomic E-state index is 12.0. The van der Waals surface area contributed by atoms with E-state index in [0.717, 1.165) is 30.8 Å². The number of hydrogen-bond donors (Lipinski definition) is 1. The summed E-state index contributed by atoms with van der Waals surface area (Å²) in [5, 5.41) is 8.94. The van der Waals surface area contributed by atoms with E-state index < -0.39 is 5.97 Å². The number of aliphatic carboxylic acids is 1. The average molecular weight is 320 g/mol. The number of hydrogen-bond acceptors (Lipinski definition) is 4. The largest absolute Gasteiger partial charge is 0.482 e. The number of anilines is 2. The van der Waals surface area contributed by atoms with Crippen molar-refractivity contribution in [1.82, 2.24) is 0 Å². The van der Waals surface area contributed by atoms with Gasteiger partial charge in [0.05, 0.1) is 12.1 Å². The Morgan fingerprint density at radius 2 is 2.13 bits per heavy atom. The number of likely N-dealkylation sites (N-methyl/N-ethyl adjacent to an activating group) is 1. The Kier molecular flexibility index (Phi) is 5.84.